The molecule has 2 N–H and O–H groups in total. The maximum atomic E-state index is 11.2. The molecule has 0 spiro atoms. The van der Waals surface area contributed by atoms with Gasteiger partial charge in [0.25, 0.3) is 0 Å². The summed E-state index contributed by atoms with van der Waals surface area (Å²) in [4.78, 5) is 13.1. The van der Waals surface area contributed by atoms with Crippen LogP contribution >= 0.6 is 0 Å². The Morgan fingerprint density at radius 3 is 2.89 bits per heavy atom. The highest BCUT2D eigenvalue weighted by molar-refractivity contribution is 5.78. The number of benzene rings is 1. The zero-order valence-corrected chi connectivity index (χ0v) is 10.2. The summed E-state index contributed by atoms with van der Waals surface area (Å²) in [5.74, 6) is 0.755. The molecule has 5 heteroatoms. The van der Waals surface area contributed by atoms with E-state index in [1.807, 2.05) is 35.2 Å². The van der Waals surface area contributed by atoms with Gasteiger partial charge in [-0.2, -0.15) is 0 Å². The lowest BCUT2D eigenvalue weighted by atomic mass is 10.3. The molecule has 98 valence electrons. The van der Waals surface area contributed by atoms with Gasteiger partial charge in [-0.05, 0) is 12.1 Å². The number of nitrogens with one attached hydrogen (secondary N) is 1. The van der Waals surface area contributed by atoms with Crippen molar-refractivity contribution in [2.45, 2.75) is 6.10 Å². The minimum absolute atomic E-state index is 0.0115. The summed E-state index contributed by atoms with van der Waals surface area (Å²) in [6.07, 6.45) is -0.587. The largest absolute Gasteiger partial charge is 0.491 e. The number of amides is 1. The predicted molar refractivity (Wildman–Crippen MR) is 67.4 cm³/mol. The second-order valence-electron chi connectivity index (χ2n) is 4.36. The van der Waals surface area contributed by atoms with E-state index in [-0.39, 0.29) is 12.5 Å². The fourth-order valence-corrected chi connectivity index (χ4v) is 1.91. The lowest BCUT2D eigenvalue weighted by Gasteiger charge is -2.28. The molecule has 0 aliphatic carbocycles. The minimum atomic E-state index is -0.587. The van der Waals surface area contributed by atoms with Crippen molar-refractivity contribution >= 4 is 5.91 Å². The van der Waals surface area contributed by atoms with Crippen LogP contribution in [0.15, 0.2) is 30.3 Å². The maximum absolute atomic E-state index is 11.2. The molecule has 1 amide bonds. The number of piperazine rings is 1. The fraction of sp³-hybridized carbons (Fsp3) is 0.462. The zero-order valence-electron chi connectivity index (χ0n) is 10.2. The Balaban J connectivity index is 1.71. The summed E-state index contributed by atoms with van der Waals surface area (Å²) in [5.41, 5.74) is 0. The van der Waals surface area contributed by atoms with E-state index >= 15 is 0 Å². The van der Waals surface area contributed by atoms with Crippen molar-refractivity contribution in [1.29, 1.82) is 0 Å². The van der Waals surface area contributed by atoms with Gasteiger partial charge in [-0.3, -0.25) is 9.69 Å². The Kier molecular flexibility index (Phi) is 4.55. The third kappa shape index (κ3) is 4.01. The molecule has 1 fully saturated rings. The molecule has 0 radical (unpaired) electrons. The number of nitrogens with zero attached hydrogens (tertiary/aromatic N) is 1. The van der Waals surface area contributed by atoms with Crippen LogP contribution in [0.2, 0.25) is 0 Å². The van der Waals surface area contributed by atoms with Gasteiger partial charge in [0.05, 0.1) is 6.54 Å². The topological polar surface area (TPSA) is 61.8 Å². The second kappa shape index (κ2) is 6.37. The van der Waals surface area contributed by atoms with Gasteiger partial charge in [0.2, 0.25) is 5.91 Å². The number of ether oxygens (including phenoxy) is 1. The van der Waals surface area contributed by atoms with E-state index in [0.29, 0.717) is 19.6 Å². The van der Waals surface area contributed by atoms with Crippen LogP contribution in [0, 0.1) is 0 Å². The third-order valence-electron chi connectivity index (χ3n) is 2.77. The number of carbonyl (C=O) groups is 1. The lowest BCUT2D eigenvalue weighted by molar-refractivity contribution is -0.124. The number of hydrogen-bond donors (Lipinski definition) is 2. The monoisotopic (exact) mass is 250 g/mol. The van der Waals surface area contributed by atoms with Crippen LogP contribution in [0.4, 0.5) is 0 Å². The summed E-state index contributed by atoms with van der Waals surface area (Å²) in [6.45, 7) is 2.46. The molecule has 1 aromatic carbocycles. The van der Waals surface area contributed by atoms with Gasteiger partial charge in [-0.25, -0.2) is 0 Å². The van der Waals surface area contributed by atoms with Gasteiger partial charge < -0.3 is 15.2 Å². The maximum Gasteiger partial charge on any atom is 0.234 e. The first-order chi connectivity index (χ1) is 8.74. The average molecular weight is 250 g/mol. The van der Waals surface area contributed by atoms with Gasteiger partial charge in [0.15, 0.2) is 0 Å². The Hall–Kier alpha value is -1.59. The van der Waals surface area contributed by atoms with Crippen LogP contribution in [0.5, 0.6) is 5.75 Å². The zero-order chi connectivity index (χ0) is 12.8. The van der Waals surface area contributed by atoms with Crippen LogP contribution < -0.4 is 10.1 Å². The van der Waals surface area contributed by atoms with Crippen LogP contribution in [0.3, 0.4) is 0 Å². The van der Waals surface area contributed by atoms with Gasteiger partial charge >= 0.3 is 0 Å². The van der Waals surface area contributed by atoms with E-state index < -0.39 is 6.10 Å². The molecule has 0 aromatic heterocycles. The molecule has 0 saturated carbocycles. The van der Waals surface area contributed by atoms with E-state index in [1.54, 1.807) is 0 Å². The molecule has 5 nitrogen and oxygen atoms in total. The molecule has 1 atom stereocenters. The van der Waals surface area contributed by atoms with Crippen molar-refractivity contribution in [3.8, 4) is 5.75 Å². The molecule has 0 bridgehead atoms. The second-order valence-corrected chi connectivity index (χ2v) is 4.36. The summed E-state index contributed by atoms with van der Waals surface area (Å²) >= 11 is 0. The highest BCUT2D eigenvalue weighted by Crippen LogP contribution is 2.08. The van der Waals surface area contributed by atoms with Crippen LogP contribution in [0.1, 0.15) is 0 Å². The molecule has 18 heavy (non-hydrogen) atoms. The minimum Gasteiger partial charge on any atom is -0.491 e. The summed E-state index contributed by atoms with van der Waals surface area (Å²) in [6, 6.07) is 9.38. The fourth-order valence-electron chi connectivity index (χ4n) is 1.91. The van der Waals surface area contributed by atoms with Gasteiger partial charge in [0.1, 0.15) is 18.5 Å². The van der Waals surface area contributed by atoms with E-state index in [4.69, 9.17) is 4.74 Å². The molecule has 1 unspecified atom stereocenters. The number of para-hydroxylation sites is 1. The van der Waals surface area contributed by atoms with E-state index in [2.05, 4.69) is 5.32 Å². The first-order valence-corrected chi connectivity index (χ1v) is 6.09. The lowest BCUT2D eigenvalue weighted by Crippen LogP contribution is -2.50. The summed E-state index contributed by atoms with van der Waals surface area (Å²) in [7, 11) is 0. The van der Waals surface area contributed by atoms with Crippen molar-refractivity contribution in [3.63, 3.8) is 0 Å². The predicted octanol–water partition coefficient (Wildman–Crippen LogP) is -0.142. The molecular weight excluding hydrogens is 232 g/mol. The molecule has 1 aromatic rings. The summed E-state index contributed by atoms with van der Waals surface area (Å²) in [5, 5.41) is 12.6. The number of aliphatic hydroxyl groups excluding tert-OH is 1. The first kappa shape index (κ1) is 12.9. The Bertz CT molecular complexity index is 383. The Morgan fingerprint density at radius 1 is 1.39 bits per heavy atom. The molecular formula is C13H18N2O3. The standard InChI is InChI=1S/C13H18N2O3/c16-11(8-15-7-6-14-13(17)9-15)10-18-12-4-2-1-3-5-12/h1-5,11,16H,6-10H2,(H,14,17). The van der Waals surface area contributed by atoms with E-state index in [1.165, 1.54) is 0 Å². The highest BCUT2D eigenvalue weighted by atomic mass is 16.5. The Morgan fingerprint density at radius 2 is 2.17 bits per heavy atom. The molecule has 1 heterocycles. The van der Waals surface area contributed by atoms with Crippen molar-refractivity contribution in [2.75, 3.05) is 32.8 Å². The van der Waals surface area contributed by atoms with Crippen molar-refractivity contribution in [1.82, 2.24) is 10.2 Å². The van der Waals surface area contributed by atoms with E-state index in [9.17, 15) is 9.90 Å². The number of β-amino-alcohol motifs (C(OH)–C–C–N with tert-alkyl or cyclic N) is 1. The highest BCUT2D eigenvalue weighted by Gasteiger charge is 2.18. The van der Waals surface area contributed by atoms with Crippen molar-refractivity contribution in [3.05, 3.63) is 30.3 Å². The van der Waals surface area contributed by atoms with Crippen LogP contribution in [-0.4, -0.2) is 54.8 Å². The number of hydrogen-bond acceptors (Lipinski definition) is 4. The van der Waals surface area contributed by atoms with Crippen LogP contribution in [0.25, 0.3) is 0 Å². The van der Waals surface area contributed by atoms with Crippen LogP contribution in [-0.2, 0) is 4.79 Å². The van der Waals surface area contributed by atoms with Crippen molar-refractivity contribution < 1.29 is 14.6 Å². The van der Waals surface area contributed by atoms with Gasteiger partial charge in [-0.15, -0.1) is 0 Å². The first-order valence-electron chi connectivity index (χ1n) is 6.09. The van der Waals surface area contributed by atoms with Gasteiger partial charge in [-0.1, -0.05) is 18.2 Å². The molecule has 2 rings (SSSR count). The molecule has 1 aliphatic rings. The summed E-state index contributed by atoms with van der Waals surface area (Å²) < 4.78 is 5.46. The van der Waals surface area contributed by atoms with E-state index in [0.717, 1.165) is 12.3 Å². The SMILES string of the molecule is O=C1CN(CC(O)COc2ccccc2)CCN1. The third-order valence-corrected chi connectivity index (χ3v) is 2.77. The normalized spacial score (nSPS) is 18.2. The number of carbonyl (C=O) groups excluding carboxylic acids is 1. The molecule has 1 aliphatic heterocycles. The smallest absolute Gasteiger partial charge is 0.234 e. The quantitative estimate of drug-likeness (QED) is 0.763. The number of rotatable bonds is 5. The van der Waals surface area contributed by atoms with Gasteiger partial charge in [0, 0.05) is 19.6 Å². The van der Waals surface area contributed by atoms with Crippen molar-refractivity contribution in [2.24, 2.45) is 0 Å². The average Bonchev–Trinajstić information content (AvgIpc) is 2.38. The number of aliphatic hydroxyl groups is 1. The molecule has 1 saturated heterocycles. The Labute approximate surface area is 106 Å².